The maximum Gasteiger partial charge on any atom is 0.244 e. The van der Waals surface area contributed by atoms with Crippen molar-refractivity contribution in [1.82, 2.24) is 5.32 Å². The van der Waals surface area contributed by atoms with Gasteiger partial charge in [-0.1, -0.05) is 42.0 Å². The number of rotatable bonds is 5. The number of nitrogens with zero attached hydrogens (tertiary/aromatic N) is 1. The lowest BCUT2D eigenvalue weighted by Crippen LogP contribution is -2.29. The molecule has 0 atom stereocenters. The molecule has 3 heteroatoms. The topological polar surface area (TPSA) is 32.3 Å². The number of benzene rings is 2. The lowest BCUT2D eigenvalue weighted by atomic mass is 10.1. The number of amides is 1. The first-order valence-electron chi connectivity index (χ1n) is 9.07. The molecular weight excluding hydrogens is 308 g/mol. The smallest absolute Gasteiger partial charge is 0.244 e. The molecule has 2 aromatic rings. The van der Waals surface area contributed by atoms with Crippen LogP contribution in [0.3, 0.4) is 0 Å². The average Bonchev–Trinajstić information content (AvgIpc) is 2.67. The van der Waals surface area contributed by atoms with Gasteiger partial charge in [0, 0.05) is 31.4 Å². The fourth-order valence-electron chi connectivity index (χ4n) is 3.07. The first kappa shape index (κ1) is 17.3. The van der Waals surface area contributed by atoms with E-state index >= 15 is 0 Å². The number of carbonyl (C=O) groups is 1. The van der Waals surface area contributed by atoms with Gasteiger partial charge in [0.25, 0.3) is 0 Å². The average molecular weight is 334 g/mol. The molecule has 1 amide bonds. The molecule has 1 N–H and O–H groups in total. The minimum absolute atomic E-state index is 0.0688. The van der Waals surface area contributed by atoms with Gasteiger partial charge in [0.05, 0.1) is 0 Å². The third kappa shape index (κ3) is 5.21. The van der Waals surface area contributed by atoms with Crippen molar-refractivity contribution >= 4 is 17.7 Å². The van der Waals surface area contributed by atoms with Crippen LogP contribution in [0.4, 0.5) is 5.69 Å². The summed E-state index contributed by atoms with van der Waals surface area (Å²) in [4.78, 5) is 14.4. The van der Waals surface area contributed by atoms with E-state index in [0.29, 0.717) is 6.54 Å². The Bertz CT molecular complexity index is 711. The van der Waals surface area contributed by atoms with Crippen LogP contribution in [0, 0.1) is 6.92 Å². The van der Waals surface area contributed by atoms with E-state index in [-0.39, 0.29) is 5.91 Å². The zero-order valence-electron chi connectivity index (χ0n) is 14.9. The number of aryl methyl sites for hydroxylation is 1. The summed E-state index contributed by atoms with van der Waals surface area (Å²) in [5, 5.41) is 2.94. The number of nitrogens with one attached hydrogen (secondary N) is 1. The zero-order chi connectivity index (χ0) is 17.5. The van der Waals surface area contributed by atoms with Crippen LogP contribution >= 0.6 is 0 Å². The second kappa shape index (κ2) is 8.52. The van der Waals surface area contributed by atoms with Crippen LogP contribution in [0.1, 0.15) is 36.0 Å². The Morgan fingerprint density at radius 3 is 2.36 bits per heavy atom. The van der Waals surface area contributed by atoms with Crippen molar-refractivity contribution < 1.29 is 4.79 Å². The molecule has 3 nitrogen and oxygen atoms in total. The molecule has 0 bridgehead atoms. The highest BCUT2D eigenvalue weighted by molar-refractivity contribution is 5.91. The monoisotopic (exact) mass is 334 g/mol. The quantitative estimate of drug-likeness (QED) is 0.826. The molecule has 1 aliphatic rings. The van der Waals surface area contributed by atoms with E-state index < -0.39 is 0 Å². The van der Waals surface area contributed by atoms with Crippen LogP contribution in [0.25, 0.3) is 6.08 Å². The molecule has 2 aromatic carbocycles. The van der Waals surface area contributed by atoms with Crippen LogP contribution in [0.2, 0.25) is 0 Å². The minimum Gasteiger partial charge on any atom is -0.372 e. The van der Waals surface area contributed by atoms with Crippen LogP contribution in [0.15, 0.2) is 54.6 Å². The molecule has 1 saturated heterocycles. The van der Waals surface area contributed by atoms with Gasteiger partial charge in [0.1, 0.15) is 0 Å². The van der Waals surface area contributed by atoms with E-state index in [0.717, 1.165) is 24.2 Å². The number of carbonyl (C=O) groups excluding carboxylic acids is 1. The highest BCUT2D eigenvalue weighted by Gasteiger charge is 2.10. The van der Waals surface area contributed by atoms with Crippen molar-refractivity contribution in [3.05, 3.63) is 71.3 Å². The van der Waals surface area contributed by atoms with E-state index in [1.54, 1.807) is 6.08 Å². The summed E-state index contributed by atoms with van der Waals surface area (Å²) in [5.41, 5.74) is 4.66. The molecular formula is C22H26N2O. The summed E-state index contributed by atoms with van der Waals surface area (Å²) < 4.78 is 0. The molecule has 0 aromatic heterocycles. The van der Waals surface area contributed by atoms with E-state index in [9.17, 15) is 4.79 Å². The van der Waals surface area contributed by atoms with Gasteiger partial charge in [-0.05, 0) is 55.5 Å². The Balaban J connectivity index is 1.49. The summed E-state index contributed by atoms with van der Waals surface area (Å²) in [6.07, 6.45) is 7.34. The number of anilines is 1. The van der Waals surface area contributed by atoms with E-state index in [1.807, 2.05) is 30.3 Å². The molecule has 1 fully saturated rings. The molecule has 0 saturated carbocycles. The highest BCUT2D eigenvalue weighted by Crippen LogP contribution is 2.20. The second-order valence-corrected chi connectivity index (χ2v) is 6.68. The Hall–Kier alpha value is -2.55. The maximum atomic E-state index is 12.0. The number of hydrogen-bond donors (Lipinski definition) is 1. The van der Waals surface area contributed by atoms with Gasteiger partial charge in [0.2, 0.25) is 5.91 Å². The third-order valence-corrected chi connectivity index (χ3v) is 4.63. The Kier molecular flexibility index (Phi) is 5.89. The van der Waals surface area contributed by atoms with Crippen molar-refractivity contribution in [3.63, 3.8) is 0 Å². The van der Waals surface area contributed by atoms with E-state index in [4.69, 9.17) is 0 Å². The largest absolute Gasteiger partial charge is 0.372 e. The van der Waals surface area contributed by atoms with Gasteiger partial charge >= 0.3 is 0 Å². The van der Waals surface area contributed by atoms with Crippen LogP contribution in [-0.2, 0) is 11.3 Å². The van der Waals surface area contributed by atoms with Gasteiger partial charge < -0.3 is 10.2 Å². The van der Waals surface area contributed by atoms with Gasteiger partial charge in [-0.15, -0.1) is 0 Å². The standard InChI is InChI=1S/C22H26N2O/c1-18-5-7-19(8-6-18)11-14-22(25)23-17-20-9-12-21(13-10-20)24-15-3-2-4-16-24/h5-14H,2-4,15-17H2,1H3,(H,23,25)/b14-11+. The van der Waals surface area contributed by atoms with Crippen molar-refractivity contribution in [2.45, 2.75) is 32.7 Å². The normalized spacial score (nSPS) is 14.7. The summed E-state index contributed by atoms with van der Waals surface area (Å²) in [6.45, 7) is 4.91. The van der Waals surface area contributed by atoms with Gasteiger partial charge in [0.15, 0.2) is 0 Å². The minimum atomic E-state index is -0.0688. The lowest BCUT2D eigenvalue weighted by Gasteiger charge is -2.28. The van der Waals surface area contributed by atoms with E-state index in [2.05, 4.69) is 41.4 Å². The first-order valence-corrected chi connectivity index (χ1v) is 9.07. The fourth-order valence-corrected chi connectivity index (χ4v) is 3.07. The molecule has 0 radical (unpaired) electrons. The van der Waals surface area contributed by atoms with Crippen LogP contribution in [0.5, 0.6) is 0 Å². The van der Waals surface area contributed by atoms with Gasteiger partial charge in [-0.3, -0.25) is 4.79 Å². The Morgan fingerprint density at radius 1 is 1.00 bits per heavy atom. The van der Waals surface area contributed by atoms with Crippen molar-refractivity contribution in [3.8, 4) is 0 Å². The van der Waals surface area contributed by atoms with Crippen LogP contribution in [-0.4, -0.2) is 19.0 Å². The van der Waals surface area contributed by atoms with Crippen molar-refractivity contribution in [2.75, 3.05) is 18.0 Å². The number of hydrogen-bond acceptors (Lipinski definition) is 2. The highest BCUT2D eigenvalue weighted by atomic mass is 16.1. The number of piperidine rings is 1. The SMILES string of the molecule is Cc1ccc(/C=C/C(=O)NCc2ccc(N3CCCCC3)cc2)cc1. The maximum absolute atomic E-state index is 12.0. The molecule has 1 heterocycles. The summed E-state index contributed by atoms with van der Waals surface area (Å²) in [6, 6.07) is 16.6. The molecule has 0 unspecified atom stereocenters. The summed E-state index contributed by atoms with van der Waals surface area (Å²) in [7, 11) is 0. The van der Waals surface area contributed by atoms with Crippen molar-refractivity contribution in [2.24, 2.45) is 0 Å². The lowest BCUT2D eigenvalue weighted by molar-refractivity contribution is -0.116. The third-order valence-electron chi connectivity index (χ3n) is 4.63. The molecule has 3 rings (SSSR count). The zero-order valence-corrected chi connectivity index (χ0v) is 14.9. The molecule has 130 valence electrons. The van der Waals surface area contributed by atoms with Crippen LogP contribution < -0.4 is 10.2 Å². The molecule has 1 aliphatic heterocycles. The first-order chi connectivity index (χ1) is 12.2. The predicted octanol–water partition coefficient (Wildman–Crippen LogP) is 4.31. The Labute approximate surface area is 150 Å². The van der Waals surface area contributed by atoms with Gasteiger partial charge in [-0.25, -0.2) is 0 Å². The second-order valence-electron chi connectivity index (χ2n) is 6.68. The fraction of sp³-hybridized carbons (Fsp3) is 0.318. The van der Waals surface area contributed by atoms with Crippen molar-refractivity contribution in [1.29, 1.82) is 0 Å². The van der Waals surface area contributed by atoms with E-state index in [1.165, 1.54) is 30.5 Å². The summed E-state index contributed by atoms with van der Waals surface area (Å²) >= 11 is 0. The molecule has 0 spiro atoms. The molecule has 0 aliphatic carbocycles. The summed E-state index contributed by atoms with van der Waals surface area (Å²) in [5.74, 6) is -0.0688. The Morgan fingerprint density at radius 2 is 1.68 bits per heavy atom. The van der Waals surface area contributed by atoms with Gasteiger partial charge in [-0.2, -0.15) is 0 Å². The predicted molar refractivity (Wildman–Crippen MR) is 105 cm³/mol. The molecule has 25 heavy (non-hydrogen) atoms.